The fourth-order valence-electron chi connectivity index (χ4n) is 3.27. The SMILES string of the molecule is N#CCC(=O)N=C1SC2CS(=O)(=O)CC2N1Cc1ccc2c(c1)OCO2. The normalized spacial score (nSPS) is 26.7. The minimum absolute atomic E-state index is 0.0423. The molecule has 2 saturated heterocycles. The summed E-state index contributed by atoms with van der Waals surface area (Å²) >= 11 is 1.30. The van der Waals surface area contributed by atoms with Crippen LogP contribution in [0.2, 0.25) is 0 Å². The summed E-state index contributed by atoms with van der Waals surface area (Å²) in [7, 11) is -3.10. The van der Waals surface area contributed by atoms with Crippen molar-refractivity contribution in [3.63, 3.8) is 0 Å². The second kappa shape index (κ2) is 6.48. The minimum atomic E-state index is -3.10. The Bertz CT molecular complexity index is 938. The summed E-state index contributed by atoms with van der Waals surface area (Å²) in [5, 5.41) is 8.99. The molecule has 3 aliphatic heterocycles. The summed E-state index contributed by atoms with van der Waals surface area (Å²) in [5.41, 5.74) is 0.903. The molecule has 26 heavy (non-hydrogen) atoms. The molecular weight excluding hydrogens is 378 g/mol. The van der Waals surface area contributed by atoms with Crippen molar-refractivity contribution in [1.29, 1.82) is 5.26 Å². The Balaban J connectivity index is 1.62. The number of carbonyl (C=O) groups is 1. The van der Waals surface area contributed by atoms with Crippen molar-refractivity contribution in [1.82, 2.24) is 4.90 Å². The average molecular weight is 393 g/mol. The molecule has 3 heterocycles. The zero-order valence-corrected chi connectivity index (χ0v) is 15.3. The molecule has 1 amide bonds. The highest BCUT2D eigenvalue weighted by atomic mass is 32.2. The maximum absolute atomic E-state index is 12.0. The number of hydrogen-bond acceptors (Lipinski definition) is 7. The molecule has 0 saturated carbocycles. The molecule has 0 N–H and O–H groups in total. The molecule has 2 unspecified atom stereocenters. The van der Waals surface area contributed by atoms with E-state index in [2.05, 4.69) is 4.99 Å². The molecule has 0 spiro atoms. The Morgan fingerprint density at radius 2 is 2.15 bits per heavy atom. The Kier molecular flexibility index (Phi) is 4.28. The number of carbonyl (C=O) groups excluding carboxylic acids is 1. The van der Waals surface area contributed by atoms with E-state index in [1.54, 1.807) is 12.1 Å². The van der Waals surface area contributed by atoms with Crippen molar-refractivity contribution in [2.45, 2.75) is 24.3 Å². The molecule has 0 aromatic heterocycles. The van der Waals surface area contributed by atoms with Gasteiger partial charge in [0.25, 0.3) is 5.91 Å². The van der Waals surface area contributed by atoms with Gasteiger partial charge in [-0.3, -0.25) is 4.79 Å². The van der Waals surface area contributed by atoms with Gasteiger partial charge in [-0.05, 0) is 17.7 Å². The van der Waals surface area contributed by atoms with Gasteiger partial charge in [0, 0.05) is 11.8 Å². The van der Waals surface area contributed by atoms with E-state index < -0.39 is 15.7 Å². The van der Waals surface area contributed by atoms with Crippen LogP contribution in [0.15, 0.2) is 23.2 Å². The number of nitriles is 1. The molecule has 0 aliphatic carbocycles. The van der Waals surface area contributed by atoms with Gasteiger partial charge in [-0.25, -0.2) is 8.42 Å². The monoisotopic (exact) mass is 393 g/mol. The van der Waals surface area contributed by atoms with Gasteiger partial charge in [0.1, 0.15) is 6.42 Å². The van der Waals surface area contributed by atoms with Crippen LogP contribution in [0.25, 0.3) is 0 Å². The lowest BCUT2D eigenvalue weighted by atomic mass is 10.1. The molecule has 136 valence electrons. The second-order valence-electron chi connectivity index (χ2n) is 6.24. The van der Waals surface area contributed by atoms with Crippen LogP contribution in [0.5, 0.6) is 11.5 Å². The highest BCUT2D eigenvalue weighted by molar-refractivity contribution is 8.15. The third-order valence-electron chi connectivity index (χ3n) is 4.42. The first-order valence-corrected chi connectivity index (χ1v) is 10.7. The van der Waals surface area contributed by atoms with Crippen molar-refractivity contribution in [3.05, 3.63) is 23.8 Å². The highest BCUT2D eigenvalue weighted by Crippen LogP contribution is 2.40. The predicted molar refractivity (Wildman–Crippen MR) is 94.6 cm³/mol. The minimum Gasteiger partial charge on any atom is -0.454 e. The van der Waals surface area contributed by atoms with Crippen molar-refractivity contribution >= 4 is 32.7 Å². The third-order valence-corrected chi connectivity index (χ3v) is 7.66. The van der Waals surface area contributed by atoms with E-state index in [1.807, 2.05) is 17.0 Å². The molecule has 3 aliphatic rings. The van der Waals surface area contributed by atoms with E-state index in [9.17, 15) is 13.2 Å². The lowest BCUT2D eigenvalue weighted by molar-refractivity contribution is -0.116. The first kappa shape index (κ1) is 17.2. The van der Waals surface area contributed by atoms with Gasteiger partial charge in [-0.1, -0.05) is 17.8 Å². The first-order chi connectivity index (χ1) is 12.4. The fourth-order valence-corrected chi connectivity index (χ4v) is 7.24. The van der Waals surface area contributed by atoms with Crippen LogP contribution in [0.3, 0.4) is 0 Å². The summed E-state index contributed by atoms with van der Waals surface area (Å²) in [6, 6.07) is 7.09. The smallest absolute Gasteiger partial charge is 0.262 e. The Morgan fingerprint density at radius 1 is 1.35 bits per heavy atom. The number of hydrogen-bond donors (Lipinski definition) is 0. The lowest BCUT2D eigenvalue weighted by Crippen LogP contribution is -2.37. The van der Waals surface area contributed by atoms with E-state index in [4.69, 9.17) is 14.7 Å². The zero-order chi connectivity index (χ0) is 18.3. The van der Waals surface area contributed by atoms with E-state index in [-0.39, 0.29) is 36.0 Å². The maximum atomic E-state index is 12.0. The van der Waals surface area contributed by atoms with Gasteiger partial charge >= 0.3 is 0 Å². The van der Waals surface area contributed by atoms with E-state index in [0.29, 0.717) is 23.2 Å². The molecule has 0 bridgehead atoms. The van der Waals surface area contributed by atoms with Crippen LogP contribution in [-0.4, -0.2) is 54.0 Å². The lowest BCUT2D eigenvalue weighted by Gasteiger charge is -2.24. The van der Waals surface area contributed by atoms with Crippen LogP contribution in [-0.2, 0) is 21.2 Å². The summed E-state index contributed by atoms with van der Waals surface area (Å²) < 4.78 is 34.7. The quantitative estimate of drug-likeness (QED) is 0.746. The number of rotatable bonds is 3. The van der Waals surface area contributed by atoms with E-state index >= 15 is 0 Å². The number of nitrogens with zero attached hydrogens (tertiary/aromatic N) is 3. The summed E-state index contributed by atoms with van der Waals surface area (Å²) in [5.74, 6) is 0.910. The maximum Gasteiger partial charge on any atom is 0.262 e. The molecule has 2 atom stereocenters. The Hall–Kier alpha value is -2.25. The number of sulfone groups is 1. The average Bonchev–Trinajstić information content (AvgIpc) is 3.22. The summed E-state index contributed by atoms with van der Waals surface area (Å²) in [4.78, 5) is 17.7. The number of benzene rings is 1. The van der Waals surface area contributed by atoms with Crippen LogP contribution in [0.4, 0.5) is 0 Å². The van der Waals surface area contributed by atoms with Crippen molar-refractivity contribution in [2.75, 3.05) is 18.3 Å². The topological polar surface area (TPSA) is 109 Å². The van der Waals surface area contributed by atoms with E-state index in [0.717, 1.165) is 5.56 Å². The third kappa shape index (κ3) is 3.24. The number of amides is 1. The first-order valence-electron chi connectivity index (χ1n) is 7.96. The standard InChI is InChI=1S/C16H15N3O5S2/c17-4-3-15(20)18-16-19(11-7-26(21,22)8-14(11)25-16)6-10-1-2-12-13(5-10)24-9-23-12/h1-2,5,11,14H,3,6-9H2. The van der Waals surface area contributed by atoms with Crippen LogP contribution < -0.4 is 9.47 Å². The largest absolute Gasteiger partial charge is 0.454 e. The van der Waals surface area contributed by atoms with Crippen molar-refractivity contribution in [3.8, 4) is 17.6 Å². The van der Waals surface area contributed by atoms with Crippen molar-refractivity contribution in [2.24, 2.45) is 4.99 Å². The number of thioether (sulfide) groups is 1. The molecule has 0 radical (unpaired) electrons. The fraction of sp³-hybridized carbons (Fsp3) is 0.438. The molecular formula is C16H15N3O5S2. The van der Waals surface area contributed by atoms with Gasteiger partial charge in [0.15, 0.2) is 26.5 Å². The molecule has 2 fully saturated rings. The van der Waals surface area contributed by atoms with Crippen LogP contribution in [0, 0.1) is 11.3 Å². The molecule has 1 aromatic rings. The summed E-state index contributed by atoms with van der Waals surface area (Å²) in [6.45, 7) is 0.579. The Morgan fingerprint density at radius 3 is 2.96 bits per heavy atom. The van der Waals surface area contributed by atoms with E-state index in [1.165, 1.54) is 11.8 Å². The van der Waals surface area contributed by atoms with Crippen LogP contribution >= 0.6 is 11.8 Å². The van der Waals surface area contributed by atoms with Crippen molar-refractivity contribution < 1.29 is 22.7 Å². The van der Waals surface area contributed by atoms with Crippen LogP contribution in [0.1, 0.15) is 12.0 Å². The predicted octanol–water partition coefficient (Wildman–Crippen LogP) is 0.926. The molecule has 8 nitrogen and oxygen atoms in total. The zero-order valence-electron chi connectivity index (χ0n) is 13.6. The van der Waals surface area contributed by atoms with Gasteiger partial charge < -0.3 is 14.4 Å². The molecule has 4 rings (SSSR count). The highest BCUT2D eigenvalue weighted by Gasteiger charge is 2.48. The van der Waals surface area contributed by atoms with Gasteiger partial charge in [-0.2, -0.15) is 10.3 Å². The number of aliphatic imine (C=N–C) groups is 1. The number of fused-ring (bicyclic) bond motifs is 2. The molecule has 10 heteroatoms. The van der Waals surface area contributed by atoms with Gasteiger partial charge in [-0.15, -0.1) is 0 Å². The van der Waals surface area contributed by atoms with Gasteiger partial charge in [0.05, 0.1) is 23.6 Å². The van der Waals surface area contributed by atoms with Gasteiger partial charge in [0.2, 0.25) is 6.79 Å². The number of ether oxygens (including phenoxy) is 2. The Labute approximate surface area is 154 Å². The second-order valence-corrected chi connectivity index (χ2v) is 9.60. The number of amidine groups is 1. The molecule has 1 aromatic carbocycles. The summed E-state index contributed by atoms with van der Waals surface area (Å²) in [6.07, 6.45) is -0.296.